The molecule has 0 N–H and O–H groups in total. The summed E-state index contributed by atoms with van der Waals surface area (Å²) in [6.45, 7) is 1.10. The van der Waals surface area contributed by atoms with Crippen LogP contribution in [0.5, 0.6) is 0 Å². The Labute approximate surface area is 60.5 Å². The Morgan fingerprint density at radius 1 is 1.50 bits per heavy atom. The van der Waals surface area contributed by atoms with Gasteiger partial charge in [0.2, 0.25) is 0 Å². The Bertz CT molecular complexity index is 170. The van der Waals surface area contributed by atoms with Gasteiger partial charge in [-0.2, -0.15) is 13.2 Å². The molecule has 0 rings (SSSR count). The molecule has 58 valence electrons. The van der Waals surface area contributed by atoms with Crippen LogP contribution in [-0.4, -0.2) is 11.4 Å². The molecule has 0 aromatic rings. The number of hydrogen-bond acceptors (Lipinski definition) is 1. The van der Waals surface area contributed by atoms with Crippen LogP contribution in [0.15, 0.2) is 11.6 Å². The molecular weight excluding hydrogens is 169 g/mol. The van der Waals surface area contributed by atoms with Crippen molar-refractivity contribution in [3.63, 3.8) is 0 Å². The van der Waals surface area contributed by atoms with Crippen molar-refractivity contribution >= 4 is 16.8 Å². The summed E-state index contributed by atoms with van der Waals surface area (Å²) in [5.41, 5.74) is -1.32. The van der Waals surface area contributed by atoms with Gasteiger partial charge in [-0.25, -0.2) is 0 Å². The quantitative estimate of drug-likeness (QED) is 0.438. The van der Waals surface area contributed by atoms with Crippen LogP contribution in [0, 0.1) is 0 Å². The third-order valence-corrected chi connectivity index (χ3v) is 1.01. The Kier molecular flexibility index (Phi) is 2.90. The fourth-order valence-electron chi connectivity index (χ4n) is 0.389. The first-order valence-corrected chi connectivity index (χ1v) is 2.70. The normalized spacial score (nSPS) is 13.5. The van der Waals surface area contributed by atoms with Crippen molar-refractivity contribution in [3.05, 3.63) is 11.6 Å². The highest BCUT2D eigenvalue weighted by Crippen LogP contribution is 2.26. The van der Waals surface area contributed by atoms with Crippen LogP contribution in [0.4, 0.5) is 13.2 Å². The van der Waals surface area contributed by atoms with Crippen LogP contribution < -0.4 is 0 Å². The molecule has 10 heavy (non-hydrogen) atoms. The van der Waals surface area contributed by atoms with E-state index in [9.17, 15) is 18.0 Å². The maximum Gasteiger partial charge on any atom is 0.420 e. The lowest BCUT2D eigenvalue weighted by atomic mass is 10.3. The fourth-order valence-corrected chi connectivity index (χ4v) is 0.605. The Morgan fingerprint density at radius 2 is 1.90 bits per heavy atom. The maximum absolute atomic E-state index is 11.6. The minimum absolute atomic E-state index is 0.634. The minimum Gasteiger partial charge on any atom is -0.276 e. The predicted octanol–water partition coefficient (Wildman–Crippen LogP) is 2.26. The molecule has 0 saturated heterocycles. The molecule has 0 amide bonds. The smallest absolute Gasteiger partial charge is 0.276 e. The summed E-state index contributed by atoms with van der Waals surface area (Å²) in [5.74, 6) is 0. The lowest BCUT2D eigenvalue weighted by Crippen LogP contribution is -2.16. The third kappa shape index (κ3) is 2.39. The van der Waals surface area contributed by atoms with E-state index < -0.39 is 17.0 Å². The number of allylic oxidation sites excluding steroid dienone is 2. The van der Waals surface area contributed by atoms with Gasteiger partial charge in [0.15, 0.2) is 0 Å². The molecule has 0 aliphatic heterocycles. The van der Waals surface area contributed by atoms with Crippen LogP contribution in [-0.2, 0) is 4.79 Å². The summed E-state index contributed by atoms with van der Waals surface area (Å²) in [6, 6.07) is 0. The molecule has 0 spiro atoms. The molecular formula is C5H4ClF3O. The summed E-state index contributed by atoms with van der Waals surface area (Å²) >= 11 is 4.60. The lowest BCUT2D eigenvalue weighted by molar-refractivity contribution is -0.122. The van der Waals surface area contributed by atoms with E-state index in [1.807, 2.05) is 0 Å². The maximum atomic E-state index is 11.6. The Balaban J connectivity index is 4.56. The first-order chi connectivity index (χ1) is 4.39. The zero-order valence-corrected chi connectivity index (χ0v) is 5.75. The largest absolute Gasteiger partial charge is 0.420 e. The molecule has 5 heteroatoms. The standard InChI is InChI=1S/C5H4ClF3O/c1-2-3(4(6)10)5(7,8)9/h2H,1H3. The zero-order chi connectivity index (χ0) is 8.36. The summed E-state index contributed by atoms with van der Waals surface area (Å²) in [6.07, 6.45) is -4.00. The highest BCUT2D eigenvalue weighted by Gasteiger charge is 2.36. The molecule has 0 fully saturated rings. The molecule has 1 nitrogen and oxygen atoms in total. The van der Waals surface area contributed by atoms with Crippen molar-refractivity contribution in [1.82, 2.24) is 0 Å². The van der Waals surface area contributed by atoms with Gasteiger partial charge in [-0.05, 0) is 18.5 Å². The van der Waals surface area contributed by atoms with E-state index in [2.05, 4.69) is 11.6 Å². The van der Waals surface area contributed by atoms with Gasteiger partial charge in [0.05, 0.1) is 0 Å². The van der Waals surface area contributed by atoms with Gasteiger partial charge in [0.25, 0.3) is 5.24 Å². The average molecular weight is 173 g/mol. The second-order valence-corrected chi connectivity index (χ2v) is 1.82. The van der Waals surface area contributed by atoms with E-state index in [0.717, 1.165) is 6.92 Å². The van der Waals surface area contributed by atoms with E-state index in [4.69, 9.17) is 0 Å². The van der Waals surface area contributed by atoms with Gasteiger partial charge < -0.3 is 0 Å². The average Bonchev–Trinajstić information content (AvgIpc) is 1.60. The molecule has 0 aromatic heterocycles. The number of rotatable bonds is 1. The van der Waals surface area contributed by atoms with E-state index in [1.54, 1.807) is 0 Å². The van der Waals surface area contributed by atoms with Crippen molar-refractivity contribution in [1.29, 1.82) is 0 Å². The van der Waals surface area contributed by atoms with Crippen molar-refractivity contribution in [3.8, 4) is 0 Å². The van der Waals surface area contributed by atoms with Gasteiger partial charge in [0, 0.05) is 0 Å². The summed E-state index contributed by atoms with van der Waals surface area (Å²) in [7, 11) is 0. The molecule has 0 saturated carbocycles. The topological polar surface area (TPSA) is 17.1 Å². The highest BCUT2D eigenvalue weighted by molar-refractivity contribution is 6.67. The van der Waals surface area contributed by atoms with Crippen LogP contribution in [0.3, 0.4) is 0 Å². The molecule has 0 unspecified atom stereocenters. The zero-order valence-electron chi connectivity index (χ0n) is 5.00. The van der Waals surface area contributed by atoms with Crippen LogP contribution >= 0.6 is 11.6 Å². The van der Waals surface area contributed by atoms with E-state index >= 15 is 0 Å². The van der Waals surface area contributed by atoms with Gasteiger partial charge in [0.1, 0.15) is 5.57 Å². The predicted molar refractivity (Wildman–Crippen MR) is 30.7 cm³/mol. The van der Waals surface area contributed by atoms with Gasteiger partial charge in [-0.3, -0.25) is 4.79 Å². The molecule has 0 radical (unpaired) electrons. The number of alkyl halides is 3. The lowest BCUT2D eigenvalue weighted by Gasteiger charge is -2.04. The molecule has 0 heterocycles. The Hall–Kier alpha value is -0.510. The molecule has 0 aromatic carbocycles. The van der Waals surface area contributed by atoms with Crippen molar-refractivity contribution in [2.75, 3.05) is 0 Å². The van der Waals surface area contributed by atoms with Gasteiger partial charge in [-0.15, -0.1) is 0 Å². The summed E-state index contributed by atoms with van der Waals surface area (Å²) in [5, 5.41) is -1.48. The van der Waals surface area contributed by atoms with Crippen LogP contribution in [0.1, 0.15) is 6.92 Å². The van der Waals surface area contributed by atoms with Crippen LogP contribution in [0.25, 0.3) is 0 Å². The third-order valence-electron chi connectivity index (χ3n) is 0.806. The van der Waals surface area contributed by atoms with E-state index in [1.165, 1.54) is 0 Å². The minimum atomic E-state index is -4.63. The summed E-state index contributed by atoms with van der Waals surface area (Å²) < 4.78 is 34.8. The highest BCUT2D eigenvalue weighted by atomic mass is 35.5. The van der Waals surface area contributed by atoms with E-state index in [-0.39, 0.29) is 0 Å². The van der Waals surface area contributed by atoms with Crippen LogP contribution in [0.2, 0.25) is 0 Å². The van der Waals surface area contributed by atoms with Gasteiger partial charge >= 0.3 is 6.18 Å². The second-order valence-electron chi connectivity index (χ2n) is 1.47. The summed E-state index contributed by atoms with van der Waals surface area (Å²) in [4.78, 5) is 10.00. The first-order valence-electron chi connectivity index (χ1n) is 2.33. The first kappa shape index (κ1) is 9.49. The van der Waals surface area contributed by atoms with E-state index in [0.29, 0.717) is 6.08 Å². The number of halogens is 4. The van der Waals surface area contributed by atoms with Gasteiger partial charge in [-0.1, -0.05) is 6.08 Å². The molecule has 0 atom stereocenters. The molecule has 0 bridgehead atoms. The number of carbonyl (C=O) groups excluding carboxylic acids is 1. The van der Waals surface area contributed by atoms with Crippen molar-refractivity contribution < 1.29 is 18.0 Å². The molecule has 0 aliphatic rings. The number of carbonyl (C=O) groups is 1. The molecule has 0 aliphatic carbocycles. The fraction of sp³-hybridized carbons (Fsp3) is 0.400. The monoisotopic (exact) mass is 172 g/mol. The Morgan fingerprint density at radius 3 is 1.90 bits per heavy atom. The SMILES string of the molecule is CC=C(C(=O)Cl)C(F)(F)F. The second kappa shape index (κ2) is 3.05. The number of hydrogen-bond donors (Lipinski definition) is 0. The van der Waals surface area contributed by atoms with Crippen molar-refractivity contribution in [2.45, 2.75) is 13.1 Å². The van der Waals surface area contributed by atoms with Crippen molar-refractivity contribution in [2.24, 2.45) is 0 Å².